The Balaban J connectivity index is 2.41. The number of nitrogens with zero attached hydrogens (tertiary/aromatic N) is 1. The molecule has 0 saturated carbocycles. The third-order valence-corrected chi connectivity index (χ3v) is 3.13. The number of nitrogens with two attached hydrogens (primary N) is 1. The molecule has 1 heterocycles. The van der Waals surface area contributed by atoms with E-state index < -0.39 is 0 Å². The van der Waals surface area contributed by atoms with E-state index in [2.05, 4.69) is 17.1 Å². The van der Waals surface area contributed by atoms with Gasteiger partial charge in [0, 0.05) is 11.1 Å². The topological polar surface area (TPSA) is 48.1 Å². The first-order valence-corrected chi connectivity index (χ1v) is 6.39. The quantitative estimate of drug-likeness (QED) is 0.823. The van der Waals surface area contributed by atoms with Gasteiger partial charge in [-0.25, -0.2) is 0 Å². The summed E-state index contributed by atoms with van der Waals surface area (Å²) in [5.41, 5.74) is 8.99. The van der Waals surface area contributed by atoms with E-state index in [9.17, 15) is 0 Å². The highest BCUT2D eigenvalue weighted by Crippen LogP contribution is 2.24. The fourth-order valence-corrected chi connectivity index (χ4v) is 2.22. The van der Waals surface area contributed by atoms with Gasteiger partial charge in [0.05, 0.1) is 12.6 Å². The van der Waals surface area contributed by atoms with Gasteiger partial charge in [-0.1, -0.05) is 0 Å². The van der Waals surface area contributed by atoms with E-state index in [0.29, 0.717) is 0 Å². The van der Waals surface area contributed by atoms with Crippen LogP contribution in [0.2, 0.25) is 0 Å². The van der Waals surface area contributed by atoms with Crippen LogP contribution in [0.5, 0.6) is 5.75 Å². The second kappa shape index (κ2) is 5.83. The van der Waals surface area contributed by atoms with Crippen molar-refractivity contribution in [3.8, 4) is 5.75 Å². The minimum absolute atomic E-state index is 0.755. The number of hydrogen-bond donors (Lipinski definition) is 1. The van der Waals surface area contributed by atoms with Gasteiger partial charge in [0.2, 0.25) is 0 Å². The van der Waals surface area contributed by atoms with E-state index in [-0.39, 0.29) is 0 Å². The lowest BCUT2D eigenvalue weighted by molar-refractivity contribution is 0.415. The molecule has 1 aromatic heterocycles. The van der Waals surface area contributed by atoms with Crippen molar-refractivity contribution in [2.24, 2.45) is 5.73 Å². The summed E-state index contributed by atoms with van der Waals surface area (Å²) in [5, 5.41) is 1.19. The number of fused-ring (bicyclic) bond motifs is 1. The van der Waals surface area contributed by atoms with Crippen molar-refractivity contribution < 1.29 is 4.74 Å². The van der Waals surface area contributed by atoms with E-state index in [1.54, 1.807) is 7.11 Å². The molecule has 0 atom stereocenters. The molecule has 0 amide bonds. The maximum atomic E-state index is 5.55. The number of benzene rings is 1. The van der Waals surface area contributed by atoms with Gasteiger partial charge in [-0.2, -0.15) is 0 Å². The highest BCUT2D eigenvalue weighted by atomic mass is 16.5. The Morgan fingerprint density at radius 1 is 1.22 bits per heavy atom. The summed E-state index contributed by atoms with van der Waals surface area (Å²) in [5.74, 6) is 0.883. The lowest BCUT2D eigenvalue weighted by Crippen LogP contribution is -2.00. The molecule has 0 radical (unpaired) electrons. The van der Waals surface area contributed by atoms with Crippen LogP contribution in [-0.4, -0.2) is 18.6 Å². The standard InChI is InChI=1S/C15H20N2O/c1-11-9-12(5-3-4-8-16)14-10-13(18-2)6-7-15(14)17-11/h6-7,9-10H,3-5,8,16H2,1-2H3. The summed E-state index contributed by atoms with van der Waals surface area (Å²) in [6, 6.07) is 8.21. The second-order valence-electron chi connectivity index (χ2n) is 4.55. The number of rotatable bonds is 5. The van der Waals surface area contributed by atoms with Crippen molar-refractivity contribution >= 4 is 10.9 Å². The summed E-state index contributed by atoms with van der Waals surface area (Å²) in [7, 11) is 1.69. The van der Waals surface area contributed by atoms with Crippen LogP contribution in [0.25, 0.3) is 10.9 Å². The van der Waals surface area contributed by atoms with Crippen LogP contribution in [0.1, 0.15) is 24.1 Å². The zero-order valence-electron chi connectivity index (χ0n) is 11.1. The molecule has 0 aliphatic rings. The van der Waals surface area contributed by atoms with Crippen LogP contribution in [0.15, 0.2) is 24.3 Å². The Bertz CT molecular complexity index is 537. The first-order chi connectivity index (χ1) is 8.74. The highest BCUT2D eigenvalue weighted by molar-refractivity contribution is 5.83. The van der Waals surface area contributed by atoms with Gasteiger partial charge in [-0.05, 0) is 62.6 Å². The number of methoxy groups -OCH3 is 1. The maximum Gasteiger partial charge on any atom is 0.119 e. The molecule has 2 aromatic rings. The molecule has 96 valence electrons. The largest absolute Gasteiger partial charge is 0.497 e. The normalized spacial score (nSPS) is 10.8. The molecule has 2 N–H and O–H groups in total. The molecule has 18 heavy (non-hydrogen) atoms. The fourth-order valence-electron chi connectivity index (χ4n) is 2.22. The molecule has 0 unspecified atom stereocenters. The fraction of sp³-hybridized carbons (Fsp3) is 0.400. The van der Waals surface area contributed by atoms with Crippen molar-refractivity contribution in [3.05, 3.63) is 35.5 Å². The molecular formula is C15H20N2O. The minimum atomic E-state index is 0.755. The monoisotopic (exact) mass is 244 g/mol. The molecule has 0 spiro atoms. The number of ether oxygens (including phenoxy) is 1. The first-order valence-electron chi connectivity index (χ1n) is 6.39. The number of aryl methyl sites for hydroxylation is 2. The Hall–Kier alpha value is -1.61. The smallest absolute Gasteiger partial charge is 0.119 e. The Morgan fingerprint density at radius 3 is 2.78 bits per heavy atom. The molecular weight excluding hydrogens is 224 g/mol. The first kappa shape index (κ1) is 12.8. The van der Waals surface area contributed by atoms with Crippen molar-refractivity contribution in [2.75, 3.05) is 13.7 Å². The van der Waals surface area contributed by atoms with Crippen LogP contribution in [0.4, 0.5) is 0 Å². The average Bonchev–Trinajstić information content (AvgIpc) is 2.38. The van der Waals surface area contributed by atoms with E-state index >= 15 is 0 Å². The molecule has 3 nitrogen and oxygen atoms in total. The average molecular weight is 244 g/mol. The predicted octanol–water partition coefficient (Wildman–Crippen LogP) is 2.83. The lowest BCUT2D eigenvalue weighted by Gasteiger charge is -2.09. The van der Waals surface area contributed by atoms with E-state index in [4.69, 9.17) is 10.5 Å². The number of hydrogen-bond acceptors (Lipinski definition) is 3. The van der Waals surface area contributed by atoms with Gasteiger partial charge < -0.3 is 10.5 Å². The van der Waals surface area contributed by atoms with E-state index in [1.807, 2.05) is 19.1 Å². The Morgan fingerprint density at radius 2 is 2.06 bits per heavy atom. The van der Waals surface area contributed by atoms with Gasteiger partial charge >= 0.3 is 0 Å². The number of pyridine rings is 1. The molecule has 0 bridgehead atoms. The predicted molar refractivity (Wildman–Crippen MR) is 75.0 cm³/mol. The molecule has 2 rings (SSSR count). The summed E-state index contributed by atoms with van der Waals surface area (Å²) < 4.78 is 5.29. The van der Waals surface area contributed by atoms with Gasteiger partial charge in [0.25, 0.3) is 0 Å². The highest BCUT2D eigenvalue weighted by Gasteiger charge is 2.05. The van der Waals surface area contributed by atoms with Crippen LogP contribution in [0.3, 0.4) is 0 Å². The third-order valence-electron chi connectivity index (χ3n) is 3.13. The number of aromatic nitrogens is 1. The molecule has 1 aromatic carbocycles. The number of unbranched alkanes of at least 4 members (excludes halogenated alkanes) is 1. The van der Waals surface area contributed by atoms with E-state index in [1.165, 1.54) is 10.9 Å². The van der Waals surface area contributed by atoms with Crippen LogP contribution in [-0.2, 0) is 6.42 Å². The molecule has 0 saturated heterocycles. The van der Waals surface area contributed by atoms with Crippen molar-refractivity contribution in [2.45, 2.75) is 26.2 Å². The van der Waals surface area contributed by atoms with Crippen molar-refractivity contribution in [1.82, 2.24) is 4.98 Å². The molecule has 0 fully saturated rings. The molecule has 3 heteroatoms. The van der Waals surface area contributed by atoms with Gasteiger partial charge in [0.1, 0.15) is 5.75 Å². The lowest BCUT2D eigenvalue weighted by atomic mass is 10.0. The van der Waals surface area contributed by atoms with Gasteiger partial charge in [0.15, 0.2) is 0 Å². The molecule has 0 aliphatic carbocycles. The third kappa shape index (κ3) is 2.79. The zero-order valence-corrected chi connectivity index (χ0v) is 11.1. The molecule has 0 aliphatic heterocycles. The van der Waals surface area contributed by atoms with Crippen LogP contribution < -0.4 is 10.5 Å². The minimum Gasteiger partial charge on any atom is -0.497 e. The van der Waals surface area contributed by atoms with E-state index in [0.717, 1.165) is 42.8 Å². The van der Waals surface area contributed by atoms with Crippen LogP contribution >= 0.6 is 0 Å². The van der Waals surface area contributed by atoms with Gasteiger partial charge in [-0.3, -0.25) is 4.98 Å². The summed E-state index contributed by atoms with van der Waals surface area (Å²) in [6.45, 7) is 2.79. The maximum absolute atomic E-state index is 5.55. The Labute approximate surface area is 108 Å². The van der Waals surface area contributed by atoms with Crippen molar-refractivity contribution in [1.29, 1.82) is 0 Å². The SMILES string of the molecule is COc1ccc2nc(C)cc(CCCCN)c2c1. The second-order valence-corrected chi connectivity index (χ2v) is 4.55. The zero-order chi connectivity index (χ0) is 13.0. The summed E-state index contributed by atoms with van der Waals surface area (Å²) in [6.07, 6.45) is 3.23. The summed E-state index contributed by atoms with van der Waals surface area (Å²) >= 11 is 0. The summed E-state index contributed by atoms with van der Waals surface area (Å²) in [4.78, 5) is 4.56. The van der Waals surface area contributed by atoms with Gasteiger partial charge in [-0.15, -0.1) is 0 Å². The van der Waals surface area contributed by atoms with Crippen molar-refractivity contribution in [3.63, 3.8) is 0 Å². The van der Waals surface area contributed by atoms with Crippen LogP contribution in [0, 0.1) is 6.92 Å². The Kier molecular flexibility index (Phi) is 4.15.